The molecule has 1 heterocycles. The van der Waals surface area contributed by atoms with Crippen LogP contribution in [0.25, 0.3) is 0 Å². The predicted molar refractivity (Wildman–Crippen MR) is 99.9 cm³/mol. The van der Waals surface area contributed by atoms with Crippen LogP contribution < -0.4 is 27.4 Å². The van der Waals surface area contributed by atoms with E-state index in [9.17, 15) is 0 Å². The van der Waals surface area contributed by atoms with E-state index in [1.807, 2.05) is 30.3 Å². The summed E-state index contributed by atoms with van der Waals surface area (Å²) in [5.74, 6) is 0. The zero-order valence-corrected chi connectivity index (χ0v) is 13.9. The number of methoxy groups -OCH3 is 1. The van der Waals surface area contributed by atoms with Crippen molar-refractivity contribution in [3.8, 4) is 0 Å². The van der Waals surface area contributed by atoms with E-state index in [2.05, 4.69) is 22.3 Å². The molecule has 7 N–H and O–H groups in total. The highest BCUT2D eigenvalue weighted by Crippen LogP contribution is 2.36. The Balaban J connectivity index is 2.02. The van der Waals surface area contributed by atoms with Crippen LogP contribution in [0.15, 0.2) is 42.5 Å². The number of piperazine rings is 1. The fourth-order valence-electron chi connectivity index (χ4n) is 3.38. The Morgan fingerprint density at radius 1 is 1.08 bits per heavy atom. The van der Waals surface area contributed by atoms with E-state index >= 15 is 0 Å². The van der Waals surface area contributed by atoms with E-state index in [1.54, 1.807) is 7.11 Å². The van der Waals surface area contributed by atoms with Gasteiger partial charge in [0.25, 0.3) is 0 Å². The fraction of sp³-hybridized carbons (Fsp3) is 0.333. The average Bonchev–Trinajstić information content (AvgIpc) is 2.56. The summed E-state index contributed by atoms with van der Waals surface area (Å²) >= 11 is 0. The third-order valence-corrected chi connectivity index (χ3v) is 4.46. The van der Waals surface area contributed by atoms with Crippen LogP contribution in [0, 0.1) is 0 Å². The van der Waals surface area contributed by atoms with Crippen molar-refractivity contribution < 1.29 is 4.74 Å². The Kier molecular flexibility index (Phi) is 4.78. The second-order valence-electron chi connectivity index (χ2n) is 6.14. The molecule has 1 aliphatic rings. The lowest BCUT2D eigenvalue weighted by molar-refractivity contribution is 0.146. The first-order valence-corrected chi connectivity index (χ1v) is 8.09. The van der Waals surface area contributed by atoms with Crippen LogP contribution in [-0.4, -0.2) is 32.8 Å². The minimum Gasteiger partial charge on any atom is -0.399 e. The van der Waals surface area contributed by atoms with Gasteiger partial charge in [-0.3, -0.25) is 0 Å². The van der Waals surface area contributed by atoms with Gasteiger partial charge < -0.3 is 32.2 Å². The first-order chi connectivity index (χ1) is 11.6. The molecule has 0 bridgehead atoms. The predicted octanol–water partition coefficient (Wildman–Crippen LogP) is 1.60. The maximum atomic E-state index is 6.24. The normalized spacial score (nSPS) is 21.0. The summed E-state index contributed by atoms with van der Waals surface area (Å²) in [5, 5.41) is 3.55. The van der Waals surface area contributed by atoms with E-state index < -0.39 is 0 Å². The van der Waals surface area contributed by atoms with E-state index in [0.29, 0.717) is 18.0 Å². The summed E-state index contributed by atoms with van der Waals surface area (Å²) in [4.78, 5) is 2.32. The number of nitrogen functional groups attached to an aromatic ring is 3. The van der Waals surface area contributed by atoms with E-state index in [4.69, 9.17) is 21.9 Å². The van der Waals surface area contributed by atoms with Crippen molar-refractivity contribution in [1.29, 1.82) is 0 Å². The Hall–Kier alpha value is -2.44. The highest BCUT2D eigenvalue weighted by Gasteiger charge is 2.33. The lowest BCUT2D eigenvalue weighted by atomic mass is 9.94. The average molecular weight is 327 g/mol. The molecule has 3 rings (SSSR count). The van der Waals surface area contributed by atoms with Crippen LogP contribution in [-0.2, 0) is 4.74 Å². The van der Waals surface area contributed by atoms with Gasteiger partial charge in [-0.1, -0.05) is 12.1 Å². The third kappa shape index (κ3) is 3.25. The molecule has 0 radical (unpaired) electrons. The minimum absolute atomic E-state index is 0.102. The van der Waals surface area contributed by atoms with Gasteiger partial charge in [-0.15, -0.1) is 0 Å². The summed E-state index contributed by atoms with van der Waals surface area (Å²) in [6.45, 7) is 2.33. The van der Waals surface area contributed by atoms with Crippen LogP contribution in [0.3, 0.4) is 0 Å². The molecular formula is C18H25N5O. The largest absolute Gasteiger partial charge is 0.399 e. The first-order valence-electron chi connectivity index (χ1n) is 8.09. The maximum Gasteiger partial charge on any atom is 0.0719 e. The van der Waals surface area contributed by atoms with Crippen LogP contribution in [0.4, 0.5) is 22.7 Å². The Bertz CT molecular complexity index is 686. The number of nitrogens with two attached hydrogens (primary N) is 3. The maximum absolute atomic E-state index is 6.24. The third-order valence-electron chi connectivity index (χ3n) is 4.46. The summed E-state index contributed by atoms with van der Waals surface area (Å²) in [7, 11) is 1.72. The van der Waals surface area contributed by atoms with Gasteiger partial charge in [0, 0.05) is 31.6 Å². The zero-order valence-electron chi connectivity index (χ0n) is 13.9. The fourth-order valence-corrected chi connectivity index (χ4v) is 3.38. The molecule has 2 atom stereocenters. The SMILES string of the molecule is COC[C@H]1NCCN(c2ccc(N)cc2N)[C@H]1c1ccc(N)cc1. The van der Waals surface area contributed by atoms with Gasteiger partial charge in [0.1, 0.15) is 0 Å². The summed E-state index contributed by atoms with van der Waals surface area (Å²) < 4.78 is 5.43. The molecule has 0 unspecified atom stereocenters. The quantitative estimate of drug-likeness (QED) is 0.636. The molecule has 0 saturated carbocycles. The highest BCUT2D eigenvalue weighted by atomic mass is 16.5. The molecular weight excluding hydrogens is 302 g/mol. The molecule has 1 aliphatic heterocycles. The molecule has 2 aromatic rings. The smallest absolute Gasteiger partial charge is 0.0719 e. The van der Waals surface area contributed by atoms with Crippen molar-refractivity contribution >= 4 is 22.7 Å². The van der Waals surface area contributed by atoms with Crippen molar-refractivity contribution in [2.24, 2.45) is 0 Å². The van der Waals surface area contributed by atoms with Gasteiger partial charge in [0.05, 0.1) is 30.1 Å². The van der Waals surface area contributed by atoms with Crippen molar-refractivity contribution in [2.75, 3.05) is 48.9 Å². The molecule has 6 heteroatoms. The Morgan fingerprint density at radius 3 is 2.46 bits per heavy atom. The van der Waals surface area contributed by atoms with Gasteiger partial charge in [0.15, 0.2) is 0 Å². The van der Waals surface area contributed by atoms with Crippen LogP contribution in [0.1, 0.15) is 11.6 Å². The lowest BCUT2D eigenvalue weighted by Crippen LogP contribution is -2.54. The molecule has 0 spiro atoms. The topological polar surface area (TPSA) is 103 Å². The van der Waals surface area contributed by atoms with Crippen LogP contribution >= 0.6 is 0 Å². The lowest BCUT2D eigenvalue weighted by Gasteiger charge is -2.44. The first kappa shape index (κ1) is 16.4. The zero-order chi connectivity index (χ0) is 17.1. The van der Waals surface area contributed by atoms with Crippen molar-refractivity contribution in [3.63, 3.8) is 0 Å². The molecule has 24 heavy (non-hydrogen) atoms. The molecule has 0 aliphatic carbocycles. The van der Waals surface area contributed by atoms with Crippen LogP contribution in [0.5, 0.6) is 0 Å². The number of hydrogen-bond acceptors (Lipinski definition) is 6. The van der Waals surface area contributed by atoms with Gasteiger partial charge in [-0.2, -0.15) is 0 Å². The number of rotatable bonds is 4. The van der Waals surface area contributed by atoms with Crippen molar-refractivity contribution in [3.05, 3.63) is 48.0 Å². The van der Waals surface area contributed by atoms with E-state index in [0.717, 1.165) is 24.5 Å². The summed E-state index contributed by atoms with van der Waals surface area (Å²) in [5.41, 5.74) is 22.2. The number of nitrogens with zero attached hydrogens (tertiary/aromatic N) is 1. The summed E-state index contributed by atoms with van der Waals surface area (Å²) in [6, 6.07) is 13.9. The van der Waals surface area contributed by atoms with Gasteiger partial charge in [0.2, 0.25) is 0 Å². The van der Waals surface area contributed by atoms with Gasteiger partial charge in [-0.05, 0) is 35.9 Å². The van der Waals surface area contributed by atoms with Crippen LogP contribution in [0.2, 0.25) is 0 Å². The molecule has 0 aromatic heterocycles. The summed E-state index contributed by atoms with van der Waals surface area (Å²) in [6.07, 6.45) is 0. The number of nitrogens with one attached hydrogen (secondary N) is 1. The van der Waals surface area contributed by atoms with Crippen molar-refractivity contribution in [1.82, 2.24) is 5.32 Å². The Labute approximate surface area is 142 Å². The number of anilines is 4. The monoisotopic (exact) mass is 327 g/mol. The molecule has 0 amide bonds. The second-order valence-corrected chi connectivity index (χ2v) is 6.14. The van der Waals surface area contributed by atoms with Gasteiger partial charge in [-0.25, -0.2) is 0 Å². The molecule has 2 aromatic carbocycles. The van der Waals surface area contributed by atoms with Gasteiger partial charge >= 0.3 is 0 Å². The molecule has 128 valence electrons. The number of hydrogen-bond donors (Lipinski definition) is 4. The second kappa shape index (κ2) is 6.98. The standard InChI is InChI=1S/C18H25N5O/c1-24-11-16-18(12-2-4-13(19)5-3-12)23(9-8-22-16)17-7-6-14(20)10-15(17)21/h2-7,10,16,18,22H,8-9,11,19-21H2,1H3/t16-,18+/m1/s1. The van der Waals surface area contributed by atoms with E-state index in [-0.39, 0.29) is 12.1 Å². The van der Waals surface area contributed by atoms with E-state index in [1.165, 1.54) is 5.56 Å². The molecule has 1 fully saturated rings. The number of benzene rings is 2. The number of ether oxygens (including phenoxy) is 1. The highest BCUT2D eigenvalue weighted by molar-refractivity contribution is 5.73. The molecule has 6 nitrogen and oxygen atoms in total. The molecule has 1 saturated heterocycles. The minimum atomic E-state index is 0.102. The Morgan fingerprint density at radius 2 is 1.79 bits per heavy atom. The van der Waals surface area contributed by atoms with Crippen molar-refractivity contribution in [2.45, 2.75) is 12.1 Å².